The maximum atomic E-state index is 5.87. The highest BCUT2D eigenvalue weighted by atomic mass is 16.5. The van der Waals surface area contributed by atoms with Gasteiger partial charge < -0.3 is 10.5 Å². The van der Waals surface area contributed by atoms with Crippen LogP contribution in [-0.4, -0.2) is 23.5 Å². The standard InChI is InChI=1S/C15H21N3O/c1-15(2,10-19-4)12-8-6-5-7-11(12)13-9-14(16)18(3)17-13/h5-9H,10,16H2,1-4H3. The maximum Gasteiger partial charge on any atom is 0.121 e. The number of methoxy groups -OCH3 is 1. The average Bonchev–Trinajstić information content (AvgIpc) is 2.69. The van der Waals surface area contributed by atoms with Gasteiger partial charge in [-0.15, -0.1) is 0 Å². The number of aryl methyl sites for hydroxylation is 1. The molecular weight excluding hydrogens is 238 g/mol. The number of ether oxygens (including phenoxy) is 1. The summed E-state index contributed by atoms with van der Waals surface area (Å²) >= 11 is 0. The quantitative estimate of drug-likeness (QED) is 0.918. The Morgan fingerprint density at radius 2 is 2.00 bits per heavy atom. The number of rotatable bonds is 4. The summed E-state index contributed by atoms with van der Waals surface area (Å²) in [5.41, 5.74) is 9.03. The van der Waals surface area contributed by atoms with Crippen LogP contribution >= 0.6 is 0 Å². The Bertz CT molecular complexity index is 553. The average molecular weight is 259 g/mol. The lowest BCUT2D eigenvalue weighted by atomic mass is 9.82. The molecule has 0 spiro atoms. The van der Waals surface area contributed by atoms with E-state index >= 15 is 0 Å². The van der Waals surface area contributed by atoms with Crippen molar-refractivity contribution in [3.63, 3.8) is 0 Å². The van der Waals surface area contributed by atoms with Gasteiger partial charge in [-0.25, -0.2) is 0 Å². The van der Waals surface area contributed by atoms with Crippen molar-refractivity contribution in [3.05, 3.63) is 35.9 Å². The third kappa shape index (κ3) is 2.63. The topological polar surface area (TPSA) is 53.1 Å². The number of anilines is 1. The summed E-state index contributed by atoms with van der Waals surface area (Å²) in [6.45, 7) is 5.00. The summed E-state index contributed by atoms with van der Waals surface area (Å²) in [7, 11) is 3.57. The van der Waals surface area contributed by atoms with Crippen molar-refractivity contribution in [2.45, 2.75) is 19.3 Å². The monoisotopic (exact) mass is 259 g/mol. The molecule has 0 aliphatic rings. The molecule has 0 amide bonds. The van der Waals surface area contributed by atoms with Crippen molar-refractivity contribution in [1.29, 1.82) is 0 Å². The smallest absolute Gasteiger partial charge is 0.121 e. The molecule has 1 aromatic carbocycles. The molecule has 0 unspecified atom stereocenters. The third-order valence-corrected chi connectivity index (χ3v) is 3.35. The van der Waals surface area contributed by atoms with E-state index in [2.05, 4.69) is 31.1 Å². The van der Waals surface area contributed by atoms with Gasteiger partial charge in [-0.2, -0.15) is 5.10 Å². The second-order valence-corrected chi connectivity index (χ2v) is 5.44. The van der Waals surface area contributed by atoms with Gasteiger partial charge in [0.25, 0.3) is 0 Å². The molecule has 102 valence electrons. The largest absolute Gasteiger partial charge is 0.384 e. The van der Waals surface area contributed by atoms with Crippen LogP contribution in [0, 0.1) is 0 Å². The van der Waals surface area contributed by atoms with E-state index < -0.39 is 0 Å². The first kappa shape index (κ1) is 13.6. The Hall–Kier alpha value is -1.81. The van der Waals surface area contributed by atoms with Crippen molar-refractivity contribution in [2.24, 2.45) is 7.05 Å². The van der Waals surface area contributed by atoms with E-state index in [0.717, 1.165) is 11.3 Å². The molecule has 0 bridgehead atoms. The predicted octanol–water partition coefficient (Wildman–Crippen LogP) is 2.59. The van der Waals surface area contributed by atoms with Crippen molar-refractivity contribution in [2.75, 3.05) is 19.5 Å². The van der Waals surface area contributed by atoms with Gasteiger partial charge in [-0.3, -0.25) is 4.68 Å². The number of nitrogen functional groups attached to an aromatic ring is 1. The SMILES string of the molecule is COCC(C)(C)c1ccccc1-c1cc(N)n(C)n1. The molecule has 0 aliphatic carbocycles. The zero-order chi connectivity index (χ0) is 14.0. The number of hydrogen-bond acceptors (Lipinski definition) is 3. The summed E-state index contributed by atoms with van der Waals surface area (Å²) in [5.74, 6) is 0.661. The van der Waals surface area contributed by atoms with Gasteiger partial charge in [0.15, 0.2) is 0 Å². The lowest BCUT2D eigenvalue weighted by molar-refractivity contribution is 0.147. The van der Waals surface area contributed by atoms with Crippen LogP contribution in [0.2, 0.25) is 0 Å². The minimum Gasteiger partial charge on any atom is -0.384 e. The van der Waals surface area contributed by atoms with Crippen molar-refractivity contribution in [3.8, 4) is 11.3 Å². The molecule has 1 aromatic heterocycles. The molecule has 0 saturated heterocycles. The second kappa shape index (κ2) is 5.05. The van der Waals surface area contributed by atoms with Gasteiger partial charge in [-0.1, -0.05) is 38.1 Å². The Morgan fingerprint density at radius 1 is 1.32 bits per heavy atom. The molecule has 1 heterocycles. The zero-order valence-electron chi connectivity index (χ0n) is 12.0. The highest BCUT2D eigenvalue weighted by molar-refractivity contribution is 5.67. The molecule has 0 atom stereocenters. The van der Waals surface area contributed by atoms with Crippen LogP contribution in [-0.2, 0) is 17.2 Å². The van der Waals surface area contributed by atoms with Crippen LogP contribution in [0.1, 0.15) is 19.4 Å². The zero-order valence-corrected chi connectivity index (χ0v) is 12.0. The van der Waals surface area contributed by atoms with Crippen molar-refractivity contribution in [1.82, 2.24) is 9.78 Å². The third-order valence-electron chi connectivity index (χ3n) is 3.35. The first-order chi connectivity index (χ1) is 8.95. The predicted molar refractivity (Wildman–Crippen MR) is 78.0 cm³/mol. The van der Waals surface area contributed by atoms with E-state index in [1.54, 1.807) is 11.8 Å². The number of nitrogens with zero attached hydrogens (tertiary/aromatic N) is 2. The number of benzene rings is 1. The summed E-state index contributed by atoms with van der Waals surface area (Å²) in [6, 6.07) is 10.2. The molecule has 19 heavy (non-hydrogen) atoms. The molecule has 2 aromatic rings. The highest BCUT2D eigenvalue weighted by Crippen LogP contribution is 2.33. The van der Waals surface area contributed by atoms with E-state index in [1.165, 1.54) is 5.56 Å². The Labute approximate surface area is 114 Å². The maximum absolute atomic E-state index is 5.87. The van der Waals surface area contributed by atoms with Crippen LogP contribution in [0.3, 0.4) is 0 Å². The van der Waals surface area contributed by atoms with E-state index in [-0.39, 0.29) is 5.41 Å². The molecule has 2 rings (SSSR count). The minimum absolute atomic E-state index is 0.0718. The van der Waals surface area contributed by atoms with Crippen molar-refractivity contribution < 1.29 is 4.74 Å². The van der Waals surface area contributed by atoms with Crippen LogP contribution in [0.4, 0.5) is 5.82 Å². The fraction of sp³-hybridized carbons (Fsp3) is 0.400. The molecule has 2 N–H and O–H groups in total. The van der Waals surface area contributed by atoms with E-state index in [4.69, 9.17) is 10.5 Å². The Morgan fingerprint density at radius 3 is 2.58 bits per heavy atom. The van der Waals surface area contributed by atoms with Gasteiger partial charge in [0, 0.05) is 31.2 Å². The number of hydrogen-bond donors (Lipinski definition) is 1. The number of aromatic nitrogens is 2. The summed E-state index contributed by atoms with van der Waals surface area (Å²) in [6.07, 6.45) is 0. The first-order valence-electron chi connectivity index (χ1n) is 6.34. The second-order valence-electron chi connectivity index (χ2n) is 5.44. The Kier molecular flexibility index (Phi) is 3.62. The number of nitrogens with two attached hydrogens (primary N) is 1. The molecular formula is C15H21N3O. The fourth-order valence-electron chi connectivity index (χ4n) is 2.35. The van der Waals surface area contributed by atoms with E-state index in [1.807, 2.05) is 25.2 Å². The van der Waals surface area contributed by atoms with Gasteiger partial charge in [-0.05, 0) is 5.56 Å². The summed E-state index contributed by atoms with van der Waals surface area (Å²) in [4.78, 5) is 0. The first-order valence-corrected chi connectivity index (χ1v) is 6.34. The Balaban J connectivity index is 2.53. The van der Waals surface area contributed by atoms with Gasteiger partial charge in [0.05, 0.1) is 12.3 Å². The van der Waals surface area contributed by atoms with Gasteiger partial charge in [0.1, 0.15) is 5.82 Å². The lowest BCUT2D eigenvalue weighted by Gasteiger charge is -2.26. The minimum atomic E-state index is -0.0718. The van der Waals surface area contributed by atoms with Gasteiger partial charge in [0.2, 0.25) is 0 Å². The highest BCUT2D eigenvalue weighted by Gasteiger charge is 2.24. The molecule has 0 saturated carbocycles. The lowest BCUT2D eigenvalue weighted by Crippen LogP contribution is -2.24. The van der Waals surface area contributed by atoms with Crippen LogP contribution < -0.4 is 5.73 Å². The molecule has 4 heteroatoms. The van der Waals surface area contributed by atoms with E-state index in [0.29, 0.717) is 12.4 Å². The molecule has 0 fully saturated rings. The summed E-state index contributed by atoms with van der Waals surface area (Å²) < 4.78 is 7.02. The van der Waals surface area contributed by atoms with Crippen LogP contribution in [0.5, 0.6) is 0 Å². The normalized spacial score (nSPS) is 11.8. The molecule has 0 radical (unpaired) electrons. The molecule has 0 aliphatic heterocycles. The fourth-order valence-corrected chi connectivity index (χ4v) is 2.35. The van der Waals surface area contributed by atoms with Crippen LogP contribution in [0.15, 0.2) is 30.3 Å². The summed E-state index contributed by atoms with van der Waals surface area (Å²) in [5, 5.41) is 4.47. The van der Waals surface area contributed by atoms with Crippen molar-refractivity contribution >= 4 is 5.82 Å². The molecule has 4 nitrogen and oxygen atoms in total. The van der Waals surface area contributed by atoms with E-state index in [9.17, 15) is 0 Å². The van der Waals surface area contributed by atoms with Crippen LogP contribution in [0.25, 0.3) is 11.3 Å². The van der Waals surface area contributed by atoms with Gasteiger partial charge >= 0.3 is 0 Å².